The van der Waals surface area contributed by atoms with Crippen LogP contribution < -0.4 is 10.1 Å². The average Bonchev–Trinajstić information content (AvgIpc) is 2.79. The zero-order chi connectivity index (χ0) is 22.2. The summed E-state index contributed by atoms with van der Waals surface area (Å²) in [4.78, 5) is 20.2. The molecule has 1 aromatic heterocycles. The van der Waals surface area contributed by atoms with Crippen LogP contribution in [0.2, 0.25) is 0 Å². The van der Waals surface area contributed by atoms with Crippen LogP contribution in [0, 0.1) is 5.92 Å². The Hall–Kier alpha value is -2.92. The largest absolute Gasteiger partial charge is 0.493 e. The van der Waals surface area contributed by atoms with Crippen molar-refractivity contribution >= 4 is 16.8 Å². The molecule has 31 heavy (non-hydrogen) atoms. The van der Waals surface area contributed by atoms with Gasteiger partial charge in [-0.3, -0.25) is 4.79 Å². The summed E-state index contributed by atoms with van der Waals surface area (Å²) in [5.41, 5.74) is 3.16. The van der Waals surface area contributed by atoms with Crippen molar-refractivity contribution in [1.82, 2.24) is 15.2 Å². The van der Waals surface area contributed by atoms with Gasteiger partial charge in [0.25, 0.3) is 5.91 Å². The van der Waals surface area contributed by atoms with Gasteiger partial charge in [0.05, 0.1) is 23.4 Å². The van der Waals surface area contributed by atoms with E-state index in [0.29, 0.717) is 24.6 Å². The van der Waals surface area contributed by atoms with Crippen molar-refractivity contribution in [3.8, 4) is 17.0 Å². The lowest BCUT2D eigenvalue weighted by Crippen LogP contribution is -2.34. The van der Waals surface area contributed by atoms with Crippen molar-refractivity contribution < 1.29 is 9.53 Å². The monoisotopic (exact) mass is 419 g/mol. The summed E-state index contributed by atoms with van der Waals surface area (Å²) in [6.07, 6.45) is 0. The number of hydrogen-bond donors (Lipinski definition) is 1. The number of benzene rings is 2. The molecule has 5 nitrogen and oxygen atoms in total. The Morgan fingerprint density at radius 2 is 1.84 bits per heavy atom. The number of nitrogens with zero attached hydrogens (tertiary/aromatic N) is 2. The maximum absolute atomic E-state index is 13.1. The van der Waals surface area contributed by atoms with E-state index in [9.17, 15) is 4.79 Å². The number of likely N-dealkylation sites (N-methyl/N-ethyl adjacent to an activating group) is 1. The third-order valence-electron chi connectivity index (χ3n) is 5.28. The van der Waals surface area contributed by atoms with Crippen LogP contribution in [0.5, 0.6) is 5.75 Å². The summed E-state index contributed by atoms with van der Waals surface area (Å²) >= 11 is 0. The fraction of sp³-hybridized carbons (Fsp3) is 0.385. The normalized spacial score (nSPS) is 11.3. The Morgan fingerprint density at radius 3 is 2.58 bits per heavy atom. The van der Waals surface area contributed by atoms with Gasteiger partial charge in [-0.05, 0) is 43.3 Å². The molecule has 0 radical (unpaired) electrons. The number of rotatable bonds is 10. The van der Waals surface area contributed by atoms with E-state index in [0.717, 1.165) is 47.5 Å². The van der Waals surface area contributed by atoms with Crippen molar-refractivity contribution in [1.29, 1.82) is 0 Å². The number of carbonyl (C=O) groups excluding carboxylic acids is 1. The van der Waals surface area contributed by atoms with E-state index >= 15 is 0 Å². The smallest absolute Gasteiger partial charge is 0.252 e. The van der Waals surface area contributed by atoms with Crippen molar-refractivity contribution in [2.24, 2.45) is 5.92 Å². The summed E-state index contributed by atoms with van der Waals surface area (Å²) in [5.74, 6) is 1.19. The Balaban J connectivity index is 1.89. The van der Waals surface area contributed by atoms with Gasteiger partial charge in [0.2, 0.25) is 0 Å². The topological polar surface area (TPSA) is 54.5 Å². The predicted molar refractivity (Wildman–Crippen MR) is 128 cm³/mol. The molecule has 0 unspecified atom stereocenters. The molecule has 1 amide bonds. The fourth-order valence-corrected chi connectivity index (χ4v) is 3.48. The highest BCUT2D eigenvalue weighted by molar-refractivity contribution is 6.07. The molecule has 164 valence electrons. The summed E-state index contributed by atoms with van der Waals surface area (Å²) in [5, 5.41) is 3.94. The number of pyridine rings is 1. The van der Waals surface area contributed by atoms with Crippen LogP contribution in [0.15, 0.2) is 54.6 Å². The van der Waals surface area contributed by atoms with Crippen molar-refractivity contribution in [2.75, 3.05) is 32.8 Å². The molecule has 0 aliphatic heterocycles. The van der Waals surface area contributed by atoms with Gasteiger partial charge in [0, 0.05) is 24.0 Å². The van der Waals surface area contributed by atoms with Gasteiger partial charge in [-0.1, -0.05) is 58.0 Å². The van der Waals surface area contributed by atoms with Gasteiger partial charge >= 0.3 is 0 Å². The molecular weight excluding hydrogens is 386 g/mol. The third kappa shape index (κ3) is 6.05. The van der Waals surface area contributed by atoms with Crippen LogP contribution in [-0.2, 0) is 0 Å². The minimum absolute atomic E-state index is 0.0702. The first kappa shape index (κ1) is 22.8. The Kier molecular flexibility index (Phi) is 8.01. The highest BCUT2D eigenvalue weighted by atomic mass is 16.5. The number of para-hydroxylation sites is 1. The number of nitrogens with one attached hydrogen (secondary N) is 1. The van der Waals surface area contributed by atoms with Gasteiger partial charge in [-0.2, -0.15) is 0 Å². The van der Waals surface area contributed by atoms with Crippen LogP contribution in [0.1, 0.15) is 38.1 Å². The predicted octanol–water partition coefficient (Wildman–Crippen LogP) is 5.01. The van der Waals surface area contributed by atoms with E-state index in [1.54, 1.807) is 0 Å². The zero-order valence-corrected chi connectivity index (χ0v) is 19.0. The first-order valence-electron chi connectivity index (χ1n) is 11.1. The van der Waals surface area contributed by atoms with Gasteiger partial charge in [0.1, 0.15) is 5.75 Å². The average molecular weight is 420 g/mol. The standard InChI is InChI=1S/C26H33N3O2/c1-5-29(6-2)15-14-27-26(30)23-17-25(28-24-13-8-7-12-22(23)24)20-10-9-11-21(16-20)31-18-19(3)4/h7-13,16-17,19H,5-6,14-15,18H2,1-4H3,(H,27,30). The zero-order valence-electron chi connectivity index (χ0n) is 19.0. The summed E-state index contributed by atoms with van der Waals surface area (Å²) in [6.45, 7) is 12.6. The minimum atomic E-state index is -0.0702. The summed E-state index contributed by atoms with van der Waals surface area (Å²) < 4.78 is 5.88. The second kappa shape index (κ2) is 10.9. The maximum Gasteiger partial charge on any atom is 0.252 e. The molecule has 3 rings (SSSR count). The minimum Gasteiger partial charge on any atom is -0.493 e. The second-order valence-corrected chi connectivity index (χ2v) is 8.09. The van der Waals surface area contributed by atoms with E-state index in [2.05, 4.69) is 37.9 Å². The van der Waals surface area contributed by atoms with Crippen LogP contribution in [0.25, 0.3) is 22.2 Å². The van der Waals surface area contributed by atoms with E-state index in [-0.39, 0.29) is 5.91 Å². The van der Waals surface area contributed by atoms with Crippen LogP contribution in [0.4, 0.5) is 0 Å². The number of fused-ring (bicyclic) bond motifs is 1. The lowest BCUT2D eigenvalue weighted by molar-refractivity contribution is 0.0950. The van der Waals surface area contributed by atoms with E-state index in [4.69, 9.17) is 9.72 Å². The molecule has 3 aromatic rings. The van der Waals surface area contributed by atoms with Crippen molar-refractivity contribution in [3.63, 3.8) is 0 Å². The van der Waals surface area contributed by atoms with Crippen LogP contribution >= 0.6 is 0 Å². The molecule has 1 N–H and O–H groups in total. The number of amides is 1. The lowest BCUT2D eigenvalue weighted by Gasteiger charge is -2.18. The van der Waals surface area contributed by atoms with Gasteiger partial charge in [0.15, 0.2) is 0 Å². The summed E-state index contributed by atoms with van der Waals surface area (Å²) in [6, 6.07) is 17.6. The lowest BCUT2D eigenvalue weighted by atomic mass is 10.0. The number of aromatic nitrogens is 1. The third-order valence-corrected chi connectivity index (χ3v) is 5.28. The van der Waals surface area contributed by atoms with Crippen LogP contribution in [-0.4, -0.2) is 48.6 Å². The molecule has 0 atom stereocenters. The molecule has 0 saturated carbocycles. The second-order valence-electron chi connectivity index (χ2n) is 8.09. The molecule has 0 saturated heterocycles. The number of hydrogen-bond acceptors (Lipinski definition) is 4. The SMILES string of the molecule is CCN(CC)CCNC(=O)c1cc(-c2cccc(OCC(C)C)c2)nc2ccccc12. The fourth-order valence-electron chi connectivity index (χ4n) is 3.48. The maximum atomic E-state index is 13.1. The molecular formula is C26H33N3O2. The molecule has 2 aromatic carbocycles. The number of carbonyl (C=O) groups is 1. The first-order chi connectivity index (χ1) is 15.0. The van der Waals surface area contributed by atoms with Crippen molar-refractivity contribution in [3.05, 3.63) is 60.2 Å². The Bertz CT molecular complexity index is 1010. The van der Waals surface area contributed by atoms with Crippen molar-refractivity contribution in [2.45, 2.75) is 27.7 Å². The van der Waals surface area contributed by atoms with Crippen LogP contribution in [0.3, 0.4) is 0 Å². The molecule has 0 aliphatic carbocycles. The Labute approximate surface area is 185 Å². The number of ether oxygens (including phenoxy) is 1. The summed E-state index contributed by atoms with van der Waals surface area (Å²) in [7, 11) is 0. The molecule has 0 fully saturated rings. The molecule has 0 spiro atoms. The molecule has 0 bridgehead atoms. The molecule has 0 aliphatic rings. The quantitative estimate of drug-likeness (QED) is 0.502. The van der Waals surface area contributed by atoms with Gasteiger partial charge < -0.3 is 15.0 Å². The Morgan fingerprint density at radius 1 is 1.06 bits per heavy atom. The highest BCUT2D eigenvalue weighted by Crippen LogP contribution is 2.27. The first-order valence-corrected chi connectivity index (χ1v) is 11.1. The van der Waals surface area contributed by atoms with E-state index in [1.165, 1.54) is 0 Å². The van der Waals surface area contributed by atoms with Gasteiger partial charge in [-0.25, -0.2) is 4.98 Å². The van der Waals surface area contributed by atoms with E-state index in [1.807, 2.05) is 54.6 Å². The molecule has 5 heteroatoms. The molecule has 1 heterocycles. The van der Waals surface area contributed by atoms with E-state index < -0.39 is 0 Å². The highest BCUT2D eigenvalue weighted by Gasteiger charge is 2.14. The van der Waals surface area contributed by atoms with Gasteiger partial charge in [-0.15, -0.1) is 0 Å².